The first kappa shape index (κ1) is 16.0. The number of quaternary nitrogens is 1. The van der Waals surface area contributed by atoms with Gasteiger partial charge in [-0.05, 0) is 18.9 Å². The van der Waals surface area contributed by atoms with Gasteiger partial charge in [-0.25, -0.2) is 4.39 Å². The van der Waals surface area contributed by atoms with Crippen molar-refractivity contribution in [1.29, 1.82) is 0 Å². The van der Waals surface area contributed by atoms with Gasteiger partial charge in [0, 0.05) is 18.1 Å². The molecule has 1 heterocycles. The van der Waals surface area contributed by atoms with E-state index in [4.69, 9.17) is 11.6 Å². The first-order chi connectivity index (χ1) is 10.6. The predicted molar refractivity (Wildman–Crippen MR) is 90.2 cm³/mol. The highest BCUT2D eigenvalue weighted by Gasteiger charge is 2.38. The van der Waals surface area contributed by atoms with Crippen LogP contribution >= 0.6 is 11.6 Å². The third-order valence-electron chi connectivity index (χ3n) is 5.14. The summed E-state index contributed by atoms with van der Waals surface area (Å²) in [5.41, 5.74) is 1.81. The van der Waals surface area contributed by atoms with Crippen LogP contribution in [-0.2, 0) is 0 Å². The van der Waals surface area contributed by atoms with Gasteiger partial charge in [-0.2, -0.15) is 0 Å². The predicted octanol–water partition coefficient (Wildman–Crippen LogP) is 4.73. The lowest BCUT2D eigenvalue weighted by atomic mass is 9.98. The van der Waals surface area contributed by atoms with Gasteiger partial charge in [0.25, 0.3) is 0 Å². The summed E-state index contributed by atoms with van der Waals surface area (Å²) in [4.78, 5) is 0. The highest BCUT2D eigenvalue weighted by Crippen LogP contribution is 2.42. The van der Waals surface area contributed by atoms with Crippen LogP contribution in [0.5, 0.6) is 0 Å². The summed E-state index contributed by atoms with van der Waals surface area (Å²) in [7, 11) is 0. The Morgan fingerprint density at radius 1 is 1.18 bits per heavy atom. The Kier molecular flexibility index (Phi) is 4.86. The van der Waals surface area contributed by atoms with Gasteiger partial charge in [0.2, 0.25) is 0 Å². The van der Waals surface area contributed by atoms with Crippen molar-refractivity contribution in [1.82, 2.24) is 4.48 Å². The fourth-order valence-corrected chi connectivity index (χ4v) is 4.30. The molecule has 4 heteroatoms. The minimum Gasteiger partial charge on any atom is -0.390 e. The molecule has 1 aliphatic heterocycles. The minimum absolute atomic E-state index is 0.0879. The van der Waals surface area contributed by atoms with Crippen LogP contribution in [0.25, 0.3) is 6.08 Å². The second-order valence-corrected chi connectivity index (χ2v) is 7.06. The van der Waals surface area contributed by atoms with E-state index in [1.807, 2.05) is 6.08 Å². The van der Waals surface area contributed by atoms with Crippen molar-refractivity contribution in [2.24, 2.45) is 5.92 Å². The highest BCUT2D eigenvalue weighted by atomic mass is 35.5. The second kappa shape index (κ2) is 6.69. The van der Waals surface area contributed by atoms with E-state index >= 15 is 0 Å². The van der Waals surface area contributed by atoms with Crippen LogP contribution in [0.2, 0.25) is 5.02 Å². The topological polar surface area (TPSA) is 20.2 Å². The zero-order valence-corrected chi connectivity index (χ0v) is 13.7. The van der Waals surface area contributed by atoms with E-state index in [2.05, 4.69) is 6.20 Å². The van der Waals surface area contributed by atoms with Gasteiger partial charge < -0.3 is 5.11 Å². The molecule has 1 fully saturated rings. The summed E-state index contributed by atoms with van der Waals surface area (Å²) in [5, 5.41) is 10.0. The molecular formula is C18H24ClFNO+. The lowest BCUT2D eigenvalue weighted by Crippen LogP contribution is -2.48. The Morgan fingerprint density at radius 3 is 2.59 bits per heavy atom. The number of rotatable bonds is 4. The lowest BCUT2D eigenvalue weighted by molar-refractivity contribution is 0.215. The maximum absolute atomic E-state index is 13.9. The number of benzene rings is 1. The zero-order valence-electron chi connectivity index (χ0n) is 12.9. The van der Waals surface area contributed by atoms with Gasteiger partial charge in [-0.3, -0.25) is 4.48 Å². The molecule has 1 aliphatic carbocycles. The highest BCUT2D eigenvalue weighted by molar-refractivity contribution is 6.32. The largest absolute Gasteiger partial charge is 0.390 e. The van der Waals surface area contributed by atoms with E-state index in [9.17, 15) is 9.50 Å². The molecular weight excluding hydrogens is 301 g/mol. The molecule has 0 aromatic heterocycles. The lowest BCUT2D eigenvalue weighted by Gasteiger charge is -2.35. The van der Waals surface area contributed by atoms with Crippen molar-refractivity contribution >= 4 is 23.4 Å². The van der Waals surface area contributed by atoms with Crippen molar-refractivity contribution < 1.29 is 9.50 Å². The zero-order chi connectivity index (χ0) is 15.6. The van der Waals surface area contributed by atoms with Crippen LogP contribution in [0, 0.1) is 11.7 Å². The van der Waals surface area contributed by atoms with Crippen LogP contribution in [0.4, 0.5) is 10.1 Å². The van der Waals surface area contributed by atoms with Crippen LogP contribution in [0.3, 0.4) is 0 Å². The monoisotopic (exact) mass is 324 g/mol. The quantitative estimate of drug-likeness (QED) is 0.627. The molecule has 2 aliphatic rings. The Hall–Kier alpha value is -0.900. The van der Waals surface area contributed by atoms with Crippen LogP contribution in [-0.4, -0.2) is 24.8 Å². The van der Waals surface area contributed by atoms with Gasteiger partial charge >= 0.3 is 0 Å². The molecule has 1 saturated carbocycles. The van der Waals surface area contributed by atoms with Crippen LogP contribution < -0.4 is 4.48 Å². The Morgan fingerprint density at radius 2 is 1.91 bits per heavy atom. The van der Waals surface area contributed by atoms with E-state index in [0.29, 0.717) is 22.0 Å². The molecule has 1 aromatic carbocycles. The Bertz CT molecular complexity index is 566. The molecule has 1 N–H and O–H groups in total. The maximum Gasteiger partial charge on any atom is 0.149 e. The van der Waals surface area contributed by atoms with Gasteiger partial charge in [-0.1, -0.05) is 37.3 Å². The molecule has 22 heavy (non-hydrogen) atoms. The average Bonchev–Trinajstić information content (AvgIpc) is 2.67. The minimum atomic E-state index is -0.297. The van der Waals surface area contributed by atoms with Crippen molar-refractivity contribution in [3.8, 4) is 0 Å². The number of hydrogen-bond donors (Lipinski definition) is 1. The third kappa shape index (κ3) is 3.08. The second-order valence-electron chi connectivity index (χ2n) is 6.66. The first-order valence-electron chi connectivity index (χ1n) is 8.31. The normalized spacial score (nSPS) is 25.2. The average molecular weight is 325 g/mol. The molecule has 0 radical (unpaired) electrons. The van der Waals surface area contributed by atoms with Crippen molar-refractivity contribution in [3.05, 3.63) is 34.7 Å². The fourth-order valence-electron chi connectivity index (χ4n) is 4.03. The van der Waals surface area contributed by atoms with Crippen molar-refractivity contribution in [2.75, 3.05) is 19.7 Å². The first-order valence-corrected chi connectivity index (χ1v) is 8.69. The van der Waals surface area contributed by atoms with E-state index in [1.54, 1.807) is 6.07 Å². The summed E-state index contributed by atoms with van der Waals surface area (Å²) in [6.45, 7) is 1.61. The fraction of sp³-hybridized carbons (Fsp3) is 0.556. The van der Waals surface area contributed by atoms with E-state index in [1.165, 1.54) is 44.6 Å². The summed E-state index contributed by atoms with van der Waals surface area (Å²) < 4.78 is 14.4. The summed E-state index contributed by atoms with van der Waals surface area (Å²) >= 11 is 6.21. The summed E-state index contributed by atoms with van der Waals surface area (Å²) in [5.74, 6) is 0.334. The maximum atomic E-state index is 13.9. The molecule has 1 atom stereocenters. The molecule has 0 bridgehead atoms. The van der Waals surface area contributed by atoms with E-state index in [0.717, 1.165) is 17.8 Å². The summed E-state index contributed by atoms with van der Waals surface area (Å²) in [6.07, 6.45) is 11.8. The van der Waals surface area contributed by atoms with Crippen LogP contribution in [0.15, 0.2) is 18.3 Å². The van der Waals surface area contributed by atoms with Crippen molar-refractivity contribution in [2.45, 2.75) is 38.5 Å². The van der Waals surface area contributed by atoms with Gasteiger partial charge in [0.1, 0.15) is 24.2 Å². The molecule has 0 saturated heterocycles. The Labute approximate surface area is 136 Å². The third-order valence-corrected chi connectivity index (χ3v) is 5.45. The number of fused-ring (bicyclic) bond motifs is 1. The number of hydrogen-bond acceptors (Lipinski definition) is 1. The smallest absolute Gasteiger partial charge is 0.149 e. The van der Waals surface area contributed by atoms with Crippen molar-refractivity contribution in [3.63, 3.8) is 0 Å². The molecule has 120 valence electrons. The number of halogens is 2. The van der Waals surface area contributed by atoms with Gasteiger partial charge in [-0.15, -0.1) is 0 Å². The number of aliphatic hydroxyl groups is 1. The summed E-state index contributed by atoms with van der Waals surface area (Å²) in [6, 6.07) is 2.96. The number of nitrogens with zero attached hydrogens (tertiary/aromatic N) is 1. The molecule has 1 aromatic rings. The Balaban J connectivity index is 1.92. The molecule has 3 rings (SSSR count). The molecule has 2 nitrogen and oxygen atoms in total. The molecule has 0 amide bonds. The van der Waals surface area contributed by atoms with Gasteiger partial charge in [0.05, 0.1) is 23.7 Å². The number of aliphatic hydroxyl groups excluding tert-OH is 1. The standard InChI is InChI=1S/C18H24ClFNO/c19-17-11-15(20)12-18-16(17)7-8-21(18,9-10-22)13-14-5-3-1-2-4-6-14/h7-8,11-12,14,22H,1-6,9-10,13H2/q+1. The molecule has 0 spiro atoms. The molecule has 1 unspecified atom stereocenters. The van der Waals surface area contributed by atoms with Crippen LogP contribution in [0.1, 0.15) is 44.1 Å². The SMILES string of the molecule is OCC[N+]1(CC2CCCCCC2)C=Cc2c(Cl)cc(F)cc21. The van der Waals surface area contributed by atoms with E-state index < -0.39 is 0 Å². The van der Waals surface area contributed by atoms with E-state index in [-0.39, 0.29) is 12.4 Å². The van der Waals surface area contributed by atoms with Gasteiger partial charge in [0.15, 0.2) is 0 Å².